The zero-order valence-corrected chi connectivity index (χ0v) is 17.0. The van der Waals surface area contributed by atoms with Gasteiger partial charge in [0, 0.05) is 25.0 Å². The smallest absolute Gasteiger partial charge is 0.266 e. The van der Waals surface area contributed by atoms with E-state index in [-0.39, 0.29) is 23.8 Å². The van der Waals surface area contributed by atoms with E-state index in [1.807, 2.05) is 18.2 Å². The first-order chi connectivity index (χ1) is 13.8. The Labute approximate surface area is 171 Å². The van der Waals surface area contributed by atoms with Crippen molar-refractivity contribution in [2.45, 2.75) is 45.2 Å². The molecule has 2 unspecified atom stereocenters. The van der Waals surface area contributed by atoms with E-state index in [2.05, 4.69) is 24.2 Å². The Morgan fingerprint density at radius 2 is 1.79 bits per heavy atom. The number of rotatable bonds is 8. The summed E-state index contributed by atoms with van der Waals surface area (Å²) in [6, 6.07) is 12.2. The molecule has 5 N–H and O–H groups in total. The van der Waals surface area contributed by atoms with E-state index in [0.717, 1.165) is 35.2 Å². The molecule has 0 saturated heterocycles. The third-order valence-corrected chi connectivity index (χ3v) is 5.39. The Kier molecular flexibility index (Phi) is 6.77. The van der Waals surface area contributed by atoms with Gasteiger partial charge in [0.25, 0.3) is 5.91 Å². The van der Waals surface area contributed by atoms with Crippen molar-refractivity contribution in [1.29, 1.82) is 0 Å². The molecule has 0 aromatic heterocycles. The zero-order chi connectivity index (χ0) is 21.0. The minimum Gasteiger partial charge on any atom is -0.349 e. The lowest BCUT2D eigenvalue weighted by molar-refractivity contribution is -0.114. The Morgan fingerprint density at radius 3 is 2.48 bits per heavy atom. The van der Waals surface area contributed by atoms with Crippen molar-refractivity contribution in [2.24, 2.45) is 22.4 Å². The molecule has 154 valence electrons. The number of aliphatic imine (C=N–C) groups is 1. The van der Waals surface area contributed by atoms with E-state index in [1.54, 1.807) is 12.1 Å². The maximum atomic E-state index is 13.1. The number of hydrogen-bond acceptors (Lipinski definition) is 4. The quantitative estimate of drug-likeness (QED) is 0.639. The molecule has 29 heavy (non-hydrogen) atoms. The van der Waals surface area contributed by atoms with Crippen LogP contribution in [0.1, 0.15) is 32.3 Å². The Morgan fingerprint density at radius 1 is 1.10 bits per heavy atom. The summed E-state index contributed by atoms with van der Waals surface area (Å²) < 4.78 is 13.1. The summed E-state index contributed by atoms with van der Waals surface area (Å²) >= 11 is 0. The average molecular weight is 397 g/mol. The van der Waals surface area contributed by atoms with Gasteiger partial charge in [-0.05, 0) is 53.6 Å². The fraction of sp³-hybridized carbons (Fsp3) is 0.391. The van der Waals surface area contributed by atoms with Crippen LogP contribution in [-0.4, -0.2) is 30.2 Å². The minimum atomic E-state index is -0.267. The third-order valence-electron chi connectivity index (χ3n) is 5.39. The highest BCUT2D eigenvalue weighted by atomic mass is 19.1. The first-order valence-electron chi connectivity index (χ1n) is 10.1. The Hall–Kier alpha value is -2.57. The molecule has 0 fully saturated rings. The number of nitrogens with one attached hydrogen (secondary N) is 1. The van der Waals surface area contributed by atoms with Gasteiger partial charge in [-0.25, -0.2) is 9.38 Å². The molecule has 1 amide bonds. The van der Waals surface area contributed by atoms with Gasteiger partial charge in [-0.3, -0.25) is 4.79 Å². The van der Waals surface area contributed by atoms with Crippen molar-refractivity contribution < 1.29 is 9.18 Å². The van der Waals surface area contributed by atoms with Crippen molar-refractivity contribution in [3.8, 4) is 11.1 Å². The van der Waals surface area contributed by atoms with Gasteiger partial charge in [-0.1, -0.05) is 38.1 Å². The van der Waals surface area contributed by atoms with Crippen molar-refractivity contribution >= 4 is 17.3 Å². The predicted octanol–water partition coefficient (Wildman–Crippen LogP) is 3.33. The number of nitrogens with zero attached hydrogens (tertiary/aromatic N) is 1. The molecule has 0 bridgehead atoms. The zero-order valence-electron chi connectivity index (χ0n) is 17.0. The second-order valence-electron chi connectivity index (χ2n) is 8.04. The summed E-state index contributed by atoms with van der Waals surface area (Å²) in [5.41, 5.74) is 16.3. The number of amides is 1. The van der Waals surface area contributed by atoms with E-state index in [9.17, 15) is 9.18 Å². The number of carbonyl (C=O) groups excluding carboxylic acids is 1. The number of halogens is 1. The van der Waals surface area contributed by atoms with E-state index in [0.29, 0.717) is 24.6 Å². The molecule has 2 aromatic carbocycles. The summed E-state index contributed by atoms with van der Waals surface area (Å²) in [7, 11) is 0. The summed E-state index contributed by atoms with van der Waals surface area (Å²) in [5.74, 6) is -0.0348. The second kappa shape index (κ2) is 9.29. The SMILES string of the molecule is CC(C)C(N)CCC(N)CNC(=O)C1=Nc2cc(-c3ccc(F)cc3)ccc2C1. The standard InChI is InChI=1S/C23H29FN4O/c1-14(2)20(26)10-9-19(25)13-27-23(29)22-12-17-4-3-16(11-21(17)28-22)15-5-7-18(24)8-6-15/h3-8,11,14,19-20H,9-10,12-13,25-26H2,1-2H3,(H,27,29). The van der Waals surface area contributed by atoms with Gasteiger partial charge in [-0.2, -0.15) is 0 Å². The first-order valence-corrected chi connectivity index (χ1v) is 10.1. The Bertz CT molecular complexity index is 892. The maximum Gasteiger partial charge on any atom is 0.266 e. The number of fused-ring (bicyclic) bond motifs is 1. The fourth-order valence-corrected chi connectivity index (χ4v) is 3.30. The van der Waals surface area contributed by atoms with Crippen LogP contribution in [0.4, 0.5) is 10.1 Å². The lowest BCUT2D eigenvalue weighted by Gasteiger charge is -2.18. The van der Waals surface area contributed by atoms with Crippen LogP contribution in [0.3, 0.4) is 0 Å². The summed E-state index contributed by atoms with van der Waals surface area (Å²) in [4.78, 5) is 17.0. The maximum absolute atomic E-state index is 13.1. The molecule has 3 rings (SSSR count). The molecule has 1 heterocycles. The van der Waals surface area contributed by atoms with Crippen LogP contribution in [-0.2, 0) is 11.2 Å². The molecular weight excluding hydrogens is 367 g/mol. The highest BCUT2D eigenvalue weighted by Crippen LogP contribution is 2.32. The van der Waals surface area contributed by atoms with Gasteiger partial charge in [0.05, 0.1) is 5.69 Å². The minimum absolute atomic E-state index is 0.126. The van der Waals surface area contributed by atoms with Crippen molar-refractivity contribution in [3.05, 3.63) is 53.8 Å². The predicted molar refractivity (Wildman–Crippen MR) is 116 cm³/mol. The van der Waals surface area contributed by atoms with Gasteiger partial charge in [0.2, 0.25) is 0 Å². The molecule has 2 aromatic rings. The number of hydrogen-bond donors (Lipinski definition) is 3. The van der Waals surface area contributed by atoms with Crippen molar-refractivity contribution in [2.75, 3.05) is 6.54 Å². The van der Waals surface area contributed by atoms with Crippen LogP contribution in [0.5, 0.6) is 0 Å². The fourth-order valence-electron chi connectivity index (χ4n) is 3.30. The van der Waals surface area contributed by atoms with E-state index >= 15 is 0 Å². The summed E-state index contributed by atoms with van der Waals surface area (Å²) in [5, 5.41) is 2.89. The van der Waals surface area contributed by atoms with Crippen LogP contribution >= 0.6 is 0 Å². The largest absolute Gasteiger partial charge is 0.349 e. The molecule has 1 aliphatic rings. The molecule has 0 spiro atoms. The van der Waals surface area contributed by atoms with Crippen LogP contribution in [0.25, 0.3) is 11.1 Å². The summed E-state index contributed by atoms with van der Waals surface area (Å²) in [6.07, 6.45) is 2.11. The molecule has 5 nitrogen and oxygen atoms in total. The molecule has 0 aliphatic carbocycles. The first kappa shape index (κ1) is 21.1. The van der Waals surface area contributed by atoms with Gasteiger partial charge in [0.15, 0.2) is 0 Å². The molecule has 1 aliphatic heterocycles. The van der Waals surface area contributed by atoms with Crippen molar-refractivity contribution in [3.63, 3.8) is 0 Å². The van der Waals surface area contributed by atoms with Gasteiger partial charge in [-0.15, -0.1) is 0 Å². The normalized spacial score (nSPS) is 15.0. The number of benzene rings is 2. The summed E-state index contributed by atoms with van der Waals surface area (Å²) in [6.45, 7) is 4.59. The lowest BCUT2D eigenvalue weighted by atomic mass is 9.98. The third kappa shape index (κ3) is 5.49. The molecule has 2 atom stereocenters. The molecule has 0 saturated carbocycles. The monoisotopic (exact) mass is 396 g/mol. The van der Waals surface area contributed by atoms with Gasteiger partial charge in [0.1, 0.15) is 11.5 Å². The van der Waals surface area contributed by atoms with Crippen LogP contribution in [0.15, 0.2) is 47.5 Å². The van der Waals surface area contributed by atoms with E-state index in [1.165, 1.54) is 12.1 Å². The highest BCUT2D eigenvalue weighted by Gasteiger charge is 2.21. The van der Waals surface area contributed by atoms with Crippen LogP contribution < -0.4 is 16.8 Å². The van der Waals surface area contributed by atoms with Crippen LogP contribution in [0.2, 0.25) is 0 Å². The second-order valence-corrected chi connectivity index (χ2v) is 8.04. The van der Waals surface area contributed by atoms with Gasteiger partial charge < -0.3 is 16.8 Å². The molecule has 0 radical (unpaired) electrons. The van der Waals surface area contributed by atoms with Crippen molar-refractivity contribution in [1.82, 2.24) is 5.32 Å². The van der Waals surface area contributed by atoms with E-state index in [4.69, 9.17) is 11.5 Å². The Balaban J connectivity index is 1.57. The van der Waals surface area contributed by atoms with E-state index < -0.39 is 0 Å². The number of nitrogens with two attached hydrogens (primary N) is 2. The average Bonchev–Trinajstić information content (AvgIpc) is 3.14. The lowest BCUT2D eigenvalue weighted by Crippen LogP contribution is -2.41. The highest BCUT2D eigenvalue weighted by molar-refractivity contribution is 6.40. The topological polar surface area (TPSA) is 93.5 Å². The number of carbonyl (C=O) groups is 1. The molecule has 6 heteroatoms. The molecular formula is C23H29FN4O. The van der Waals surface area contributed by atoms with Crippen LogP contribution in [0, 0.1) is 11.7 Å². The van der Waals surface area contributed by atoms with Gasteiger partial charge >= 0.3 is 0 Å².